The highest BCUT2D eigenvalue weighted by molar-refractivity contribution is 5.85. The summed E-state index contributed by atoms with van der Waals surface area (Å²) < 4.78 is 26.1. The predicted molar refractivity (Wildman–Crippen MR) is 63.5 cm³/mol. The van der Waals surface area contributed by atoms with Crippen LogP contribution < -0.4 is 5.32 Å². The van der Waals surface area contributed by atoms with Gasteiger partial charge in [0.15, 0.2) is 0 Å². The SMILES string of the molecule is C[C@@H]1CN(Cc2nccn2C(F)F)CCN1.Cl. The molecule has 0 unspecified atom stereocenters. The third kappa shape index (κ3) is 3.62. The van der Waals surface area contributed by atoms with Crippen LogP contribution in [0.4, 0.5) is 8.78 Å². The minimum atomic E-state index is -2.50. The third-order valence-electron chi connectivity index (χ3n) is 2.78. The molecule has 1 aliphatic heterocycles. The van der Waals surface area contributed by atoms with E-state index in [-0.39, 0.29) is 12.4 Å². The summed E-state index contributed by atoms with van der Waals surface area (Å²) in [5.41, 5.74) is 0. The number of alkyl halides is 2. The Labute approximate surface area is 105 Å². The van der Waals surface area contributed by atoms with Crippen molar-refractivity contribution < 1.29 is 8.78 Å². The number of hydrogen-bond donors (Lipinski definition) is 1. The lowest BCUT2D eigenvalue weighted by atomic mass is 10.2. The second-order valence-corrected chi connectivity index (χ2v) is 4.12. The first-order chi connectivity index (χ1) is 7.66. The summed E-state index contributed by atoms with van der Waals surface area (Å²) in [6.45, 7) is 2.72. The molecule has 7 heteroatoms. The van der Waals surface area contributed by atoms with Crippen molar-refractivity contribution in [2.24, 2.45) is 0 Å². The van der Waals surface area contributed by atoms with Crippen molar-refractivity contribution in [2.75, 3.05) is 19.6 Å². The van der Waals surface area contributed by atoms with Crippen molar-refractivity contribution in [3.8, 4) is 0 Å². The van der Waals surface area contributed by atoms with E-state index in [1.54, 1.807) is 0 Å². The maximum atomic E-state index is 12.6. The van der Waals surface area contributed by atoms with Gasteiger partial charge in [0.2, 0.25) is 0 Å². The van der Waals surface area contributed by atoms with Gasteiger partial charge < -0.3 is 5.32 Å². The van der Waals surface area contributed by atoms with Gasteiger partial charge >= 0.3 is 6.55 Å². The van der Waals surface area contributed by atoms with Gasteiger partial charge in [0, 0.05) is 38.1 Å². The van der Waals surface area contributed by atoms with Gasteiger partial charge in [-0.25, -0.2) is 4.98 Å². The molecular weight excluding hydrogens is 250 g/mol. The second kappa shape index (κ2) is 6.28. The van der Waals surface area contributed by atoms with Crippen LogP contribution in [0.15, 0.2) is 12.4 Å². The highest BCUT2D eigenvalue weighted by Gasteiger charge is 2.19. The highest BCUT2D eigenvalue weighted by atomic mass is 35.5. The number of hydrogen-bond acceptors (Lipinski definition) is 3. The van der Waals surface area contributed by atoms with Crippen LogP contribution in [0.1, 0.15) is 19.3 Å². The monoisotopic (exact) mass is 266 g/mol. The molecule has 1 atom stereocenters. The predicted octanol–water partition coefficient (Wildman–Crippen LogP) is 1.49. The Bertz CT molecular complexity index is 345. The Morgan fingerprint density at radius 2 is 2.35 bits per heavy atom. The van der Waals surface area contributed by atoms with Gasteiger partial charge in [0.25, 0.3) is 0 Å². The number of piperazine rings is 1. The van der Waals surface area contributed by atoms with E-state index in [0.717, 1.165) is 24.2 Å². The average Bonchev–Trinajstić information content (AvgIpc) is 2.66. The molecule has 1 saturated heterocycles. The molecule has 1 aliphatic rings. The maximum Gasteiger partial charge on any atom is 0.319 e. The van der Waals surface area contributed by atoms with Crippen LogP contribution in [0.25, 0.3) is 0 Å². The number of rotatable bonds is 3. The number of halogens is 3. The van der Waals surface area contributed by atoms with Crippen LogP contribution in [0.5, 0.6) is 0 Å². The molecule has 0 aliphatic carbocycles. The minimum absolute atomic E-state index is 0. The number of imidazole rings is 1. The standard InChI is InChI=1S/C10H16F2N4.ClH/c1-8-6-15(4-2-13-8)7-9-14-3-5-16(9)10(11)12;/h3,5,8,10,13H,2,4,6-7H2,1H3;1H/t8-;/m1./s1. The van der Waals surface area contributed by atoms with Crippen LogP contribution in [-0.4, -0.2) is 40.1 Å². The van der Waals surface area contributed by atoms with Crippen LogP contribution >= 0.6 is 12.4 Å². The first-order valence-electron chi connectivity index (χ1n) is 5.42. The van der Waals surface area contributed by atoms with E-state index >= 15 is 0 Å². The van der Waals surface area contributed by atoms with Crippen molar-refractivity contribution in [1.82, 2.24) is 19.8 Å². The van der Waals surface area contributed by atoms with Crippen molar-refractivity contribution >= 4 is 12.4 Å². The van der Waals surface area contributed by atoms with E-state index in [9.17, 15) is 8.78 Å². The van der Waals surface area contributed by atoms with Crippen LogP contribution in [0.3, 0.4) is 0 Å². The van der Waals surface area contributed by atoms with Crippen molar-refractivity contribution in [2.45, 2.75) is 26.1 Å². The van der Waals surface area contributed by atoms with Gasteiger partial charge in [-0.05, 0) is 6.92 Å². The molecular formula is C10H17ClF2N4. The molecule has 0 spiro atoms. The van der Waals surface area contributed by atoms with E-state index in [4.69, 9.17) is 0 Å². The Kier molecular flexibility index (Phi) is 5.30. The topological polar surface area (TPSA) is 33.1 Å². The van der Waals surface area contributed by atoms with Gasteiger partial charge in [0.1, 0.15) is 5.82 Å². The molecule has 1 N–H and O–H groups in total. The van der Waals surface area contributed by atoms with Crippen molar-refractivity contribution in [3.05, 3.63) is 18.2 Å². The van der Waals surface area contributed by atoms with E-state index < -0.39 is 6.55 Å². The Morgan fingerprint density at radius 1 is 1.59 bits per heavy atom. The smallest absolute Gasteiger partial charge is 0.312 e. The molecule has 1 aromatic heterocycles. The zero-order valence-electron chi connectivity index (χ0n) is 9.64. The second-order valence-electron chi connectivity index (χ2n) is 4.12. The van der Waals surface area contributed by atoms with Gasteiger partial charge in [-0.1, -0.05) is 0 Å². The quantitative estimate of drug-likeness (QED) is 0.900. The molecule has 0 saturated carbocycles. The highest BCUT2D eigenvalue weighted by Crippen LogP contribution is 2.14. The maximum absolute atomic E-state index is 12.6. The molecule has 0 radical (unpaired) electrons. The molecule has 1 fully saturated rings. The van der Waals surface area contributed by atoms with E-state index in [2.05, 4.69) is 22.1 Å². The summed E-state index contributed by atoms with van der Waals surface area (Å²) in [5, 5.41) is 3.31. The van der Waals surface area contributed by atoms with E-state index in [1.807, 2.05) is 0 Å². The number of nitrogens with one attached hydrogen (secondary N) is 1. The Morgan fingerprint density at radius 3 is 3.00 bits per heavy atom. The van der Waals surface area contributed by atoms with Crippen molar-refractivity contribution in [1.29, 1.82) is 0 Å². The van der Waals surface area contributed by atoms with Crippen LogP contribution in [-0.2, 0) is 6.54 Å². The first kappa shape index (κ1) is 14.3. The zero-order chi connectivity index (χ0) is 11.5. The summed E-state index contributed by atoms with van der Waals surface area (Å²) in [6, 6.07) is 0.406. The fraction of sp³-hybridized carbons (Fsp3) is 0.700. The summed E-state index contributed by atoms with van der Waals surface area (Å²) in [5.74, 6) is 0.434. The molecule has 0 amide bonds. The number of aromatic nitrogens is 2. The van der Waals surface area contributed by atoms with Crippen LogP contribution in [0.2, 0.25) is 0 Å². The van der Waals surface area contributed by atoms with E-state index in [1.165, 1.54) is 12.4 Å². The molecule has 4 nitrogen and oxygen atoms in total. The fourth-order valence-corrected chi connectivity index (χ4v) is 2.00. The van der Waals surface area contributed by atoms with Gasteiger partial charge in [0.05, 0.1) is 6.54 Å². The van der Waals surface area contributed by atoms with Gasteiger partial charge in [-0.2, -0.15) is 8.78 Å². The average molecular weight is 267 g/mol. The molecule has 2 rings (SSSR count). The molecule has 1 aromatic rings. The lowest BCUT2D eigenvalue weighted by molar-refractivity contribution is 0.0629. The summed E-state index contributed by atoms with van der Waals surface area (Å²) in [6.07, 6.45) is 2.75. The van der Waals surface area contributed by atoms with Crippen LogP contribution in [0, 0.1) is 0 Å². The van der Waals surface area contributed by atoms with Gasteiger partial charge in [-0.3, -0.25) is 9.47 Å². The number of nitrogens with zero attached hydrogens (tertiary/aromatic N) is 3. The molecule has 98 valence electrons. The largest absolute Gasteiger partial charge is 0.319 e. The van der Waals surface area contributed by atoms with E-state index in [0.29, 0.717) is 18.4 Å². The lowest BCUT2D eigenvalue weighted by Crippen LogP contribution is -2.48. The fourth-order valence-electron chi connectivity index (χ4n) is 2.00. The third-order valence-corrected chi connectivity index (χ3v) is 2.78. The Balaban J connectivity index is 0.00000144. The summed E-state index contributed by atoms with van der Waals surface area (Å²) in [4.78, 5) is 6.12. The van der Waals surface area contributed by atoms with Crippen molar-refractivity contribution in [3.63, 3.8) is 0 Å². The zero-order valence-corrected chi connectivity index (χ0v) is 10.5. The molecule has 0 aromatic carbocycles. The Hall–Kier alpha value is -0.720. The summed E-state index contributed by atoms with van der Waals surface area (Å²) >= 11 is 0. The molecule has 0 bridgehead atoms. The first-order valence-corrected chi connectivity index (χ1v) is 5.42. The minimum Gasteiger partial charge on any atom is -0.312 e. The van der Waals surface area contributed by atoms with Gasteiger partial charge in [-0.15, -0.1) is 12.4 Å². The lowest BCUT2D eigenvalue weighted by Gasteiger charge is -2.31. The molecule has 17 heavy (non-hydrogen) atoms. The normalized spacial score (nSPS) is 21.5. The summed E-state index contributed by atoms with van der Waals surface area (Å²) in [7, 11) is 0. The molecule has 2 heterocycles.